The highest BCUT2D eigenvalue weighted by Gasteiger charge is 2.59. The van der Waals surface area contributed by atoms with Crippen LogP contribution in [-0.2, 0) is 14.3 Å². The number of alkyl halides is 2. The number of rotatable bonds is 3. The summed E-state index contributed by atoms with van der Waals surface area (Å²) in [4.78, 5) is 23.1. The van der Waals surface area contributed by atoms with E-state index in [1.54, 1.807) is 0 Å². The molecular weight excluding hydrogens is 363 g/mol. The van der Waals surface area contributed by atoms with Crippen molar-refractivity contribution in [3.05, 3.63) is 11.3 Å². The van der Waals surface area contributed by atoms with Crippen LogP contribution in [0.25, 0.3) is 0 Å². The Balaban J connectivity index is 2.55. The predicted octanol–water partition coefficient (Wildman–Crippen LogP) is -0.509. The van der Waals surface area contributed by atoms with Crippen LogP contribution >= 0.6 is 23.2 Å². The van der Waals surface area contributed by atoms with E-state index >= 15 is 0 Å². The zero-order valence-corrected chi connectivity index (χ0v) is 14.6. The lowest BCUT2D eigenvalue weighted by molar-refractivity contribution is -0.173. The van der Waals surface area contributed by atoms with Gasteiger partial charge in [0, 0.05) is 12.3 Å². The highest BCUT2D eigenvalue weighted by Crippen LogP contribution is 2.44. The fourth-order valence-corrected chi connectivity index (χ4v) is 3.38. The van der Waals surface area contributed by atoms with E-state index in [4.69, 9.17) is 33.7 Å². The molecule has 1 aliphatic heterocycles. The first-order valence-corrected chi connectivity index (χ1v) is 8.23. The van der Waals surface area contributed by atoms with E-state index in [0.29, 0.717) is 0 Å². The lowest BCUT2D eigenvalue weighted by Crippen LogP contribution is -2.68. The smallest absolute Gasteiger partial charge is 0.338 e. The Morgan fingerprint density at radius 1 is 1.46 bits per heavy atom. The number of nitrogens with two attached hydrogens (primary N) is 1. The van der Waals surface area contributed by atoms with Gasteiger partial charge in [-0.25, -0.2) is 4.79 Å². The van der Waals surface area contributed by atoms with E-state index in [0.717, 1.165) is 0 Å². The molecule has 0 saturated carbocycles. The molecule has 8 nitrogen and oxygen atoms in total. The molecule has 1 saturated heterocycles. The van der Waals surface area contributed by atoms with Gasteiger partial charge in [0.15, 0.2) is 5.60 Å². The van der Waals surface area contributed by atoms with E-state index in [-0.39, 0.29) is 12.0 Å². The van der Waals surface area contributed by atoms with E-state index in [1.165, 1.54) is 13.8 Å². The van der Waals surface area contributed by atoms with Crippen molar-refractivity contribution in [1.82, 2.24) is 5.32 Å². The number of halogens is 2. The number of ether oxygens (including phenoxy) is 1. The number of carbonyl (C=O) groups excluding carboxylic acids is 2. The van der Waals surface area contributed by atoms with Crippen LogP contribution in [-0.4, -0.2) is 61.9 Å². The van der Waals surface area contributed by atoms with Gasteiger partial charge < -0.3 is 31.1 Å². The van der Waals surface area contributed by atoms with Crippen molar-refractivity contribution >= 4 is 35.1 Å². The number of fused-ring (bicyclic) bond motifs is 1. The van der Waals surface area contributed by atoms with Crippen molar-refractivity contribution in [2.75, 3.05) is 0 Å². The normalized spacial score (nSPS) is 37.8. The summed E-state index contributed by atoms with van der Waals surface area (Å²) in [6.45, 7) is 2.84. The van der Waals surface area contributed by atoms with Crippen LogP contribution in [0.2, 0.25) is 0 Å². The molecule has 1 aliphatic carbocycles. The molecule has 1 fully saturated rings. The first-order valence-electron chi connectivity index (χ1n) is 7.36. The third-order valence-electron chi connectivity index (χ3n) is 4.46. The molecule has 0 aromatic carbocycles. The van der Waals surface area contributed by atoms with Crippen LogP contribution in [0.5, 0.6) is 0 Å². The SMILES string of the molecule is CC(N)C(=O)N[C@@H]1[C@H]2C(=C(O)C[C@@H](O)[C@@H]2O)C(=O)O[C@]1(C)C(Cl)Cl. The second-order valence-electron chi connectivity index (χ2n) is 6.30. The van der Waals surface area contributed by atoms with Gasteiger partial charge in [-0.05, 0) is 13.8 Å². The zero-order valence-electron chi connectivity index (χ0n) is 13.1. The minimum atomic E-state index is -1.60. The van der Waals surface area contributed by atoms with Crippen LogP contribution in [0.15, 0.2) is 11.3 Å². The van der Waals surface area contributed by atoms with Gasteiger partial charge in [-0.15, -0.1) is 23.2 Å². The monoisotopic (exact) mass is 382 g/mol. The summed E-state index contributed by atoms with van der Waals surface area (Å²) < 4.78 is 5.28. The Labute approximate surface area is 148 Å². The zero-order chi connectivity index (χ0) is 18.4. The van der Waals surface area contributed by atoms with Crippen molar-refractivity contribution < 1.29 is 29.6 Å². The molecule has 10 heteroatoms. The number of cyclic esters (lactones) is 1. The molecule has 24 heavy (non-hydrogen) atoms. The molecule has 136 valence electrons. The van der Waals surface area contributed by atoms with Gasteiger partial charge in [-0.1, -0.05) is 0 Å². The van der Waals surface area contributed by atoms with Crippen molar-refractivity contribution in [3.8, 4) is 0 Å². The molecule has 6 atom stereocenters. The van der Waals surface area contributed by atoms with Gasteiger partial charge >= 0.3 is 5.97 Å². The average molecular weight is 383 g/mol. The molecule has 0 spiro atoms. The maximum absolute atomic E-state index is 12.3. The molecule has 6 N–H and O–H groups in total. The second-order valence-corrected chi connectivity index (χ2v) is 7.39. The largest absolute Gasteiger partial charge is 0.512 e. The number of hydrogen-bond acceptors (Lipinski definition) is 7. The highest BCUT2D eigenvalue weighted by atomic mass is 35.5. The third-order valence-corrected chi connectivity index (χ3v) is 5.33. The topological polar surface area (TPSA) is 142 Å². The minimum Gasteiger partial charge on any atom is -0.512 e. The Morgan fingerprint density at radius 3 is 2.54 bits per heavy atom. The van der Waals surface area contributed by atoms with Crippen LogP contribution in [0, 0.1) is 5.92 Å². The van der Waals surface area contributed by atoms with Gasteiger partial charge in [-0.3, -0.25) is 4.79 Å². The maximum atomic E-state index is 12.3. The van der Waals surface area contributed by atoms with E-state index < -0.39 is 58.3 Å². The summed E-state index contributed by atoms with van der Waals surface area (Å²) in [7, 11) is 0. The van der Waals surface area contributed by atoms with E-state index in [1.807, 2.05) is 0 Å². The first kappa shape index (κ1) is 19.3. The molecular formula is C14H20Cl2N2O6. The lowest BCUT2D eigenvalue weighted by Gasteiger charge is -2.50. The van der Waals surface area contributed by atoms with Crippen LogP contribution in [0.3, 0.4) is 0 Å². The molecule has 2 rings (SSSR count). The molecule has 1 unspecified atom stereocenters. The fourth-order valence-electron chi connectivity index (χ4n) is 3.02. The lowest BCUT2D eigenvalue weighted by atomic mass is 9.71. The van der Waals surface area contributed by atoms with Crippen molar-refractivity contribution in [3.63, 3.8) is 0 Å². The molecule has 2 aliphatic rings. The molecule has 0 radical (unpaired) electrons. The number of esters is 1. The Bertz CT molecular complexity index is 582. The van der Waals surface area contributed by atoms with Gasteiger partial charge in [0.05, 0.1) is 29.9 Å². The van der Waals surface area contributed by atoms with Crippen molar-refractivity contribution in [1.29, 1.82) is 0 Å². The third kappa shape index (κ3) is 3.09. The molecule has 0 aromatic rings. The van der Waals surface area contributed by atoms with Crippen molar-refractivity contribution in [2.24, 2.45) is 11.7 Å². The average Bonchev–Trinajstić information content (AvgIpc) is 2.46. The number of hydrogen-bond donors (Lipinski definition) is 5. The highest BCUT2D eigenvalue weighted by molar-refractivity contribution is 6.45. The second kappa shape index (κ2) is 6.68. The van der Waals surface area contributed by atoms with Gasteiger partial charge in [0.2, 0.25) is 5.91 Å². The van der Waals surface area contributed by atoms with Gasteiger partial charge in [-0.2, -0.15) is 0 Å². The van der Waals surface area contributed by atoms with Crippen LogP contribution < -0.4 is 11.1 Å². The predicted molar refractivity (Wildman–Crippen MR) is 85.3 cm³/mol. The summed E-state index contributed by atoms with van der Waals surface area (Å²) in [5, 5.41) is 32.9. The maximum Gasteiger partial charge on any atom is 0.338 e. The summed E-state index contributed by atoms with van der Waals surface area (Å²) in [6.07, 6.45) is -3.07. The van der Waals surface area contributed by atoms with E-state index in [9.17, 15) is 24.9 Å². The quantitative estimate of drug-likeness (QED) is 0.326. The van der Waals surface area contributed by atoms with Crippen LogP contribution in [0.1, 0.15) is 20.3 Å². The molecule has 0 bridgehead atoms. The van der Waals surface area contributed by atoms with Crippen LogP contribution in [0.4, 0.5) is 0 Å². The Hall–Kier alpha value is -1.06. The summed E-state index contributed by atoms with van der Waals surface area (Å²) in [5.74, 6) is -3.07. The number of aliphatic hydroxyl groups is 3. The van der Waals surface area contributed by atoms with Crippen molar-refractivity contribution in [2.45, 2.75) is 55.0 Å². The summed E-state index contributed by atoms with van der Waals surface area (Å²) in [6, 6.07) is -1.99. The minimum absolute atomic E-state index is 0.214. The Kier molecular flexibility index (Phi) is 5.37. The van der Waals surface area contributed by atoms with Gasteiger partial charge in [0.1, 0.15) is 10.6 Å². The molecule has 0 aromatic heterocycles. The number of aliphatic hydroxyl groups excluding tert-OH is 3. The number of amides is 1. The van der Waals surface area contributed by atoms with Gasteiger partial charge in [0.25, 0.3) is 0 Å². The molecule has 1 amide bonds. The first-order chi connectivity index (χ1) is 11.0. The fraction of sp³-hybridized carbons (Fsp3) is 0.714. The Morgan fingerprint density at radius 2 is 2.04 bits per heavy atom. The number of carbonyl (C=O) groups is 2. The summed E-state index contributed by atoms with van der Waals surface area (Å²) >= 11 is 11.9. The van der Waals surface area contributed by atoms with E-state index in [2.05, 4.69) is 5.32 Å². The molecule has 1 heterocycles. The summed E-state index contributed by atoms with van der Waals surface area (Å²) in [5.41, 5.74) is 3.73. The standard InChI is InChI=1S/C14H20Cl2N2O6/c1-4(17)11(22)18-10-8-7(5(19)3-6(20)9(8)21)12(23)24-14(10,2)13(15)16/h4,6,8-10,13,19-21H,3,17H2,1-2H3,(H,18,22)/t4?,6-,8+,9+,10-,14+/m1/s1. The number of nitrogens with one attached hydrogen (secondary N) is 1.